The van der Waals surface area contributed by atoms with Crippen molar-refractivity contribution in [1.82, 2.24) is 19.7 Å². The van der Waals surface area contributed by atoms with Crippen LogP contribution in [-0.2, 0) is 13.1 Å². The number of aromatic nitrogens is 3. The van der Waals surface area contributed by atoms with Crippen molar-refractivity contribution in [2.24, 2.45) is 0 Å². The molecular formula is C14H18N4O2. The number of likely N-dealkylation sites (tertiary alicyclic amines) is 1. The third kappa shape index (κ3) is 2.80. The summed E-state index contributed by atoms with van der Waals surface area (Å²) in [7, 11) is 0. The zero-order chi connectivity index (χ0) is 13.9. The van der Waals surface area contributed by atoms with Crippen LogP contribution in [0.2, 0.25) is 0 Å². The third-order valence-electron chi connectivity index (χ3n) is 3.68. The van der Waals surface area contributed by atoms with E-state index >= 15 is 0 Å². The Morgan fingerprint density at radius 1 is 1.50 bits per heavy atom. The molecular weight excluding hydrogens is 256 g/mol. The number of nitrogens with zero attached hydrogens (tertiary/aromatic N) is 4. The van der Waals surface area contributed by atoms with Crippen molar-refractivity contribution >= 4 is 0 Å². The molecule has 0 amide bonds. The van der Waals surface area contributed by atoms with Crippen LogP contribution < -0.4 is 5.56 Å². The monoisotopic (exact) mass is 274 g/mol. The molecule has 1 atom stereocenters. The zero-order valence-corrected chi connectivity index (χ0v) is 11.5. The zero-order valence-electron chi connectivity index (χ0n) is 11.5. The fraction of sp³-hybridized carbons (Fsp3) is 0.500. The number of hydrogen-bond acceptors (Lipinski definition) is 5. The fourth-order valence-electron chi connectivity index (χ4n) is 2.68. The first-order valence-electron chi connectivity index (χ1n) is 6.90. The minimum Gasteiger partial charge on any atom is -0.445 e. The van der Waals surface area contributed by atoms with Crippen molar-refractivity contribution < 1.29 is 4.42 Å². The van der Waals surface area contributed by atoms with E-state index in [1.807, 2.05) is 6.92 Å². The highest BCUT2D eigenvalue weighted by Gasteiger charge is 2.26. The third-order valence-corrected chi connectivity index (χ3v) is 3.68. The predicted molar refractivity (Wildman–Crippen MR) is 73.2 cm³/mol. The molecule has 6 heteroatoms. The molecule has 1 aliphatic heterocycles. The van der Waals surface area contributed by atoms with Gasteiger partial charge in [0, 0.05) is 18.3 Å². The summed E-state index contributed by atoms with van der Waals surface area (Å²) in [6, 6.07) is 3.53. The maximum Gasteiger partial charge on any atom is 0.266 e. The molecule has 0 bridgehead atoms. The van der Waals surface area contributed by atoms with Crippen LogP contribution in [0.15, 0.2) is 33.7 Å². The van der Waals surface area contributed by atoms with Crippen LogP contribution >= 0.6 is 0 Å². The second-order valence-electron chi connectivity index (χ2n) is 5.18. The van der Waals surface area contributed by atoms with E-state index in [-0.39, 0.29) is 5.56 Å². The molecule has 1 aliphatic rings. The van der Waals surface area contributed by atoms with Gasteiger partial charge in [-0.1, -0.05) is 0 Å². The smallest absolute Gasteiger partial charge is 0.266 e. The fourth-order valence-corrected chi connectivity index (χ4v) is 2.68. The van der Waals surface area contributed by atoms with E-state index in [0.717, 1.165) is 31.0 Å². The Hall–Kier alpha value is -1.95. The Bertz CT molecular complexity index is 634. The van der Waals surface area contributed by atoms with Gasteiger partial charge in [0.1, 0.15) is 5.76 Å². The highest BCUT2D eigenvalue weighted by Crippen LogP contribution is 2.20. The molecule has 0 saturated carbocycles. The highest BCUT2D eigenvalue weighted by molar-refractivity contribution is 4.93. The molecule has 20 heavy (non-hydrogen) atoms. The Morgan fingerprint density at radius 2 is 2.40 bits per heavy atom. The van der Waals surface area contributed by atoms with E-state index in [1.54, 1.807) is 24.5 Å². The van der Waals surface area contributed by atoms with Crippen molar-refractivity contribution in [2.75, 3.05) is 6.54 Å². The molecule has 6 nitrogen and oxygen atoms in total. The topological polar surface area (TPSA) is 64.2 Å². The van der Waals surface area contributed by atoms with Gasteiger partial charge in [0.05, 0.1) is 19.3 Å². The first kappa shape index (κ1) is 13.1. The summed E-state index contributed by atoms with van der Waals surface area (Å²) in [4.78, 5) is 18.3. The van der Waals surface area contributed by atoms with Gasteiger partial charge in [0.15, 0.2) is 0 Å². The summed E-state index contributed by atoms with van der Waals surface area (Å²) >= 11 is 0. The standard InChI is InChI=1S/C14H18N4O2/c1-11-8-15-13(20-11)10-17-7-3-4-12(17)9-18-14(19)5-2-6-16-18/h2,5-6,8,12H,3-4,7,9-10H2,1H3. The molecule has 3 heterocycles. The van der Waals surface area contributed by atoms with E-state index in [2.05, 4.69) is 15.0 Å². The van der Waals surface area contributed by atoms with E-state index in [4.69, 9.17) is 4.42 Å². The normalized spacial score (nSPS) is 19.6. The lowest BCUT2D eigenvalue weighted by Gasteiger charge is -2.22. The van der Waals surface area contributed by atoms with Gasteiger partial charge < -0.3 is 4.42 Å². The molecule has 106 valence electrons. The van der Waals surface area contributed by atoms with Crippen LogP contribution in [0.3, 0.4) is 0 Å². The molecule has 0 aromatic carbocycles. The first-order chi connectivity index (χ1) is 9.72. The summed E-state index contributed by atoms with van der Waals surface area (Å²) in [6.45, 7) is 4.22. The summed E-state index contributed by atoms with van der Waals surface area (Å²) in [5, 5.41) is 4.13. The minimum absolute atomic E-state index is 0.0497. The van der Waals surface area contributed by atoms with E-state index in [9.17, 15) is 4.79 Å². The maximum absolute atomic E-state index is 11.7. The van der Waals surface area contributed by atoms with Crippen LogP contribution in [0, 0.1) is 6.92 Å². The largest absolute Gasteiger partial charge is 0.445 e. The lowest BCUT2D eigenvalue weighted by Crippen LogP contribution is -2.36. The Labute approximate surface area is 117 Å². The average molecular weight is 274 g/mol. The molecule has 1 saturated heterocycles. The molecule has 1 unspecified atom stereocenters. The van der Waals surface area contributed by atoms with Crippen LogP contribution in [0.1, 0.15) is 24.5 Å². The number of aryl methyl sites for hydroxylation is 1. The second-order valence-corrected chi connectivity index (χ2v) is 5.18. The van der Waals surface area contributed by atoms with Crippen LogP contribution in [-0.4, -0.2) is 32.3 Å². The molecule has 2 aromatic heterocycles. The Morgan fingerprint density at radius 3 is 3.15 bits per heavy atom. The van der Waals surface area contributed by atoms with Crippen LogP contribution in [0.5, 0.6) is 0 Å². The van der Waals surface area contributed by atoms with Crippen molar-refractivity contribution in [3.8, 4) is 0 Å². The number of hydrogen-bond donors (Lipinski definition) is 0. The number of rotatable bonds is 4. The summed E-state index contributed by atoms with van der Waals surface area (Å²) in [6.07, 6.45) is 5.59. The van der Waals surface area contributed by atoms with Gasteiger partial charge in [0.25, 0.3) is 5.56 Å². The van der Waals surface area contributed by atoms with E-state index in [0.29, 0.717) is 19.1 Å². The van der Waals surface area contributed by atoms with Gasteiger partial charge in [-0.25, -0.2) is 9.67 Å². The summed E-state index contributed by atoms with van der Waals surface area (Å²) in [5.41, 5.74) is -0.0497. The van der Waals surface area contributed by atoms with Gasteiger partial charge in [-0.2, -0.15) is 5.10 Å². The van der Waals surface area contributed by atoms with Crippen molar-refractivity contribution in [1.29, 1.82) is 0 Å². The van der Waals surface area contributed by atoms with Gasteiger partial charge >= 0.3 is 0 Å². The van der Waals surface area contributed by atoms with Crippen molar-refractivity contribution in [3.05, 3.63) is 46.5 Å². The van der Waals surface area contributed by atoms with E-state index < -0.39 is 0 Å². The maximum atomic E-state index is 11.7. The van der Waals surface area contributed by atoms with Crippen LogP contribution in [0.4, 0.5) is 0 Å². The second kappa shape index (κ2) is 5.58. The molecule has 2 aromatic rings. The Kier molecular flexibility index (Phi) is 3.64. The SMILES string of the molecule is Cc1cnc(CN2CCCC2Cn2ncccc2=O)o1. The van der Waals surface area contributed by atoms with Gasteiger partial charge in [0.2, 0.25) is 5.89 Å². The van der Waals surface area contributed by atoms with Crippen molar-refractivity contribution in [2.45, 2.75) is 38.9 Å². The predicted octanol–water partition coefficient (Wildman–Crippen LogP) is 1.20. The average Bonchev–Trinajstić information content (AvgIpc) is 3.03. The molecule has 0 aliphatic carbocycles. The molecule has 0 spiro atoms. The van der Waals surface area contributed by atoms with Gasteiger partial charge in [-0.05, 0) is 32.4 Å². The van der Waals surface area contributed by atoms with Crippen LogP contribution in [0.25, 0.3) is 0 Å². The molecule has 1 fully saturated rings. The summed E-state index contributed by atoms with van der Waals surface area (Å²) in [5.74, 6) is 1.57. The lowest BCUT2D eigenvalue weighted by atomic mass is 10.2. The molecule has 3 rings (SSSR count). The molecule has 0 N–H and O–H groups in total. The molecule has 0 radical (unpaired) electrons. The van der Waals surface area contributed by atoms with Gasteiger partial charge in [-0.15, -0.1) is 0 Å². The van der Waals surface area contributed by atoms with Gasteiger partial charge in [-0.3, -0.25) is 9.69 Å². The highest BCUT2D eigenvalue weighted by atomic mass is 16.4. The Balaban J connectivity index is 1.69. The summed E-state index contributed by atoms with van der Waals surface area (Å²) < 4.78 is 7.06. The minimum atomic E-state index is -0.0497. The first-order valence-corrected chi connectivity index (χ1v) is 6.90. The lowest BCUT2D eigenvalue weighted by molar-refractivity contribution is 0.197. The number of oxazole rings is 1. The quantitative estimate of drug-likeness (QED) is 0.838. The van der Waals surface area contributed by atoms with E-state index in [1.165, 1.54) is 4.68 Å². The van der Waals surface area contributed by atoms with Crippen molar-refractivity contribution in [3.63, 3.8) is 0 Å².